The summed E-state index contributed by atoms with van der Waals surface area (Å²) >= 11 is 12.9. The first-order valence-corrected chi connectivity index (χ1v) is 10.9. The summed E-state index contributed by atoms with van der Waals surface area (Å²) in [4.78, 5) is 37.4. The van der Waals surface area contributed by atoms with Crippen molar-refractivity contribution < 1.29 is 14.4 Å². The molecule has 158 valence electrons. The molecule has 0 aliphatic carbocycles. The Morgan fingerprint density at radius 3 is 2.13 bits per heavy atom. The molecule has 1 heterocycles. The van der Waals surface area contributed by atoms with E-state index in [-0.39, 0.29) is 17.7 Å². The van der Waals surface area contributed by atoms with Gasteiger partial charge in [0.05, 0.1) is 21.5 Å². The SMILES string of the molecule is C/C(C=O)=C\c1ccc(/C=C(C)/C=C2\SC(=O)N(Cc3ccc(Cl)c(Cl)c3)C2=O)cc1. The number of imide groups is 1. The summed E-state index contributed by atoms with van der Waals surface area (Å²) in [5.74, 6) is -0.335. The number of hydrogen-bond acceptors (Lipinski definition) is 4. The molecule has 0 aromatic heterocycles. The van der Waals surface area contributed by atoms with Gasteiger partial charge >= 0.3 is 0 Å². The van der Waals surface area contributed by atoms with Crippen LogP contribution in [0.1, 0.15) is 30.5 Å². The van der Waals surface area contributed by atoms with Crippen LogP contribution < -0.4 is 0 Å². The predicted molar refractivity (Wildman–Crippen MR) is 128 cm³/mol. The molecule has 0 N–H and O–H groups in total. The quantitative estimate of drug-likeness (QED) is 0.344. The second-order valence-corrected chi connectivity index (χ2v) is 8.89. The minimum Gasteiger partial charge on any atom is -0.298 e. The number of rotatable bonds is 6. The minimum absolute atomic E-state index is 0.136. The number of halogens is 2. The maximum atomic E-state index is 12.7. The number of carbonyl (C=O) groups excluding carboxylic acids is 3. The van der Waals surface area contributed by atoms with E-state index in [0.717, 1.165) is 40.3 Å². The molecule has 0 radical (unpaired) electrons. The van der Waals surface area contributed by atoms with Gasteiger partial charge < -0.3 is 0 Å². The topological polar surface area (TPSA) is 54.5 Å². The first kappa shape index (κ1) is 23.1. The Balaban J connectivity index is 1.74. The van der Waals surface area contributed by atoms with Crippen LogP contribution >= 0.6 is 35.0 Å². The van der Waals surface area contributed by atoms with E-state index in [1.807, 2.05) is 37.3 Å². The standard InChI is InChI=1S/C24H19Cl2NO3S/c1-15(9-17-3-5-18(6-4-17)10-16(2)14-28)11-22-23(29)27(24(30)31-22)13-19-7-8-20(25)21(26)12-19/h3-12,14H,13H2,1-2H3/b15-9+,16-10+,22-11-. The zero-order chi connectivity index (χ0) is 22.5. The molecule has 31 heavy (non-hydrogen) atoms. The molecule has 1 aliphatic heterocycles. The Kier molecular flexibility index (Phi) is 7.55. The lowest BCUT2D eigenvalue weighted by Crippen LogP contribution is -2.27. The van der Waals surface area contributed by atoms with Gasteiger partial charge in [-0.15, -0.1) is 0 Å². The summed E-state index contributed by atoms with van der Waals surface area (Å²) in [5.41, 5.74) is 4.10. The van der Waals surface area contributed by atoms with E-state index in [0.29, 0.717) is 20.5 Å². The third-order valence-electron chi connectivity index (χ3n) is 4.47. The van der Waals surface area contributed by atoms with Gasteiger partial charge in [-0.05, 0) is 77.7 Å². The van der Waals surface area contributed by atoms with E-state index in [1.165, 1.54) is 4.90 Å². The largest absolute Gasteiger partial charge is 0.298 e. The van der Waals surface area contributed by atoms with Crippen LogP contribution in [0, 0.1) is 0 Å². The van der Waals surface area contributed by atoms with E-state index in [4.69, 9.17) is 23.2 Å². The Morgan fingerprint density at radius 2 is 1.55 bits per heavy atom. The fourth-order valence-electron chi connectivity index (χ4n) is 2.95. The lowest BCUT2D eigenvalue weighted by molar-refractivity contribution is -0.123. The average molecular weight is 472 g/mol. The van der Waals surface area contributed by atoms with Crippen molar-refractivity contribution in [2.24, 2.45) is 0 Å². The smallest absolute Gasteiger partial charge is 0.293 e. The van der Waals surface area contributed by atoms with Crippen LogP contribution in [0.2, 0.25) is 10.0 Å². The summed E-state index contributed by atoms with van der Waals surface area (Å²) in [6.07, 6.45) is 6.25. The Hall–Kier alpha value is -2.60. The fourth-order valence-corrected chi connectivity index (χ4v) is 4.16. The summed E-state index contributed by atoms with van der Waals surface area (Å²) in [6.45, 7) is 3.76. The first-order chi connectivity index (χ1) is 14.8. The molecule has 4 nitrogen and oxygen atoms in total. The summed E-state index contributed by atoms with van der Waals surface area (Å²) in [7, 11) is 0. The fraction of sp³-hybridized carbons (Fsp3) is 0.125. The van der Waals surface area contributed by atoms with E-state index in [1.54, 1.807) is 37.3 Å². The molecule has 2 amide bonds. The normalized spacial score (nSPS) is 16.4. The number of thioether (sulfide) groups is 1. The molecule has 2 aromatic rings. The van der Waals surface area contributed by atoms with Gasteiger partial charge in [0.1, 0.15) is 6.29 Å². The predicted octanol–water partition coefficient (Wildman–Crippen LogP) is 6.78. The van der Waals surface area contributed by atoms with Gasteiger partial charge in [0.25, 0.3) is 11.1 Å². The molecule has 1 fully saturated rings. The molecule has 1 saturated heterocycles. The van der Waals surface area contributed by atoms with Gasteiger partial charge in [-0.1, -0.05) is 59.6 Å². The molecule has 0 saturated carbocycles. The number of hydrogen-bond donors (Lipinski definition) is 0. The van der Waals surface area contributed by atoms with Gasteiger partial charge in [-0.3, -0.25) is 19.3 Å². The molecule has 0 spiro atoms. The number of benzene rings is 2. The maximum Gasteiger partial charge on any atom is 0.293 e. The maximum absolute atomic E-state index is 12.7. The van der Waals surface area contributed by atoms with Gasteiger partial charge in [-0.2, -0.15) is 0 Å². The number of amides is 2. The minimum atomic E-state index is -0.335. The van der Waals surface area contributed by atoms with Crippen molar-refractivity contribution in [3.8, 4) is 0 Å². The zero-order valence-electron chi connectivity index (χ0n) is 16.9. The third-order valence-corrected chi connectivity index (χ3v) is 6.11. The number of carbonyl (C=O) groups is 3. The molecule has 1 aliphatic rings. The van der Waals surface area contributed by atoms with E-state index >= 15 is 0 Å². The summed E-state index contributed by atoms with van der Waals surface area (Å²) in [6, 6.07) is 12.7. The van der Waals surface area contributed by atoms with Crippen LogP contribution in [-0.2, 0) is 16.1 Å². The first-order valence-electron chi connectivity index (χ1n) is 9.38. The zero-order valence-corrected chi connectivity index (χ0v) is 19.2. The average Bonchev–Trinajstić information content (AvgIpc) is 2.99. The van der Waals surface area contributed by atoms with Crippen molar-refractivity contribution in [3.63, 3.8) is 0 Å². The van der Waals surface area contributed by atoms with Gasteiger partial charge in [0.2, 0.25) is 0 Å². The van der Waals surface area contributed by atoms with Gasteiger partial charge in [-0.25, -0.2) is 0 Å². The van der Waals surface area contributed by atoms with Crippen LogP contribution in [0.4, 0.5) is 4.79 Å². The number of allylic oxidation sites excluding steroid dienone is 3. The lowest BCUT2D eigenvalue weighted by atomic mass is 10.1. The molecular weight excluding hydrogens is 453 g/mol. The molecule has 0 bridgehead atoms. The highest BCUT2D eigenvalue weighted by Gasteiger charge is 2.35. The van der Waals surface area contributed by atoms with Crippen molar-refractivity contribution >= 4 is 64.5 Å². The van der Waals surface area contributed by atoms with Crippen molar-refractivity contribution in [2.75, 3.05) is 0 Å². The third kappa shape index (κ3) is 5.97. The van der Waals surface area contributed by atoms with Crippen LogP contribution in [0.5, 0.6) is 0 Å². The van der Waals surface area contributed by atoms with Crippen molar-refractivity contribution in [1.82, 2.24) is 4.90 Å². The molecular formula is C24H19Cl2NO3S. The number of nitrogens with zero attached hydrogens (tertiary/aromatic N) is 1. The molecule has 7 heteroatoms. The van der Waals surface area contributed by atoms with E-state index in [9.17, 15) is 14.4 Å². The molecule has 3 rings (SSSR count). The van der Waals surface area contributed by atoms with Crippen molar-refractivity contribution in [3.05, 3.63) is 91.3 Å². The highest BCUT2D eigenvalue weighted by molar-refractivity contribution is 8.18. The second kappa shape index (κ2) is 10.1. The van der Waals surface area contributed by atoms with Crippen LogP contribution in [0.15, 0.2) is 64.6 Å². The van der Waals surface area contributed by atoms with Crippen LogP contribution in [0.3, 0.4) is 0 Å². The van der Waals surface area contributed by atoms with Gasteiger partial charge in [0.15, 0.2) is 0 Å². The van der Waals surface area contributed by atoms with E-state index in [2.05, 4.69) is 0 Å². The molecule has 0 atom stereocenters. The van der Waals surface area contributed by atoms with Crippen molar-refractivity contribution in [2.45, 2.75) is 20.4 Å². The van der Waals surface area contributed by atoms with Gasteiger partial charge in [0, 0.05) is 0 Å². The van der Waals surface area contributed by atoms with Crippen LogP contribution in [-0.4, -0.2) is 22.3 Å². The number of aldehydes is 1. The monoisotopic (exact) mass is 471 g/mol. The van der Waals surface area contributed by atoms with E-state index < -0.39 is 0 Å². The lowest BCUT2D eigenvalue weighted by Gasteiger charge is -2.12. The molecule has 0 unspecified atom stereocenters. The summed E-state index contributed by atoms with van der Waals surface area (Å²) < 4.78 is 0. The summed E-state index contributed by atoms with van der Waals surface area (Å²) in [5, 5.41) is 0.475. The highest BCUT2D eigenvalue weighted by Crippen LogP contribution is 2.33. The highest BCUT2D eigenvalue weighted by atomic mass is 35.5. The van der Waals surface area contributed by atoms with Crippen LogP contribution in [0.25, 0.3) is 12.2 Å². The van der Waals surface area contributed by atoms with Crippen molar-refractivity contribution in [1.29, 1.82) is 0 Å². The second-order valence-electron chi connectivity index (χ2n) is 7.08. The Bertz CT molecular complexity index is 1130. The molecule has 2 aromatic carbocycles. The Labute approximate surface area is 195 Å². The Morgan fingerprint density at radius 1 is 0.935 bits per heavy atom.